The Bertz CT molecular complexity index is 154. The largest absolute Gasteiger partial charge is 0.385 e. The van der Waals surface area contributed by atoms with Crippen LogP contribution in [0.3, 0.4) is 0 Å². The Labute approximate surface area is 78.3 Å². The lowest BCUT2D eigenvalue weighted by atomic mass is 10.1. The van der Waals surface area contributed by atoms with E-state index in [1.54, 1.807) is 25.8 Å². The number of methoxy groups -OCH3 is 1. The van der Waals surface area contributed by atoms with Crippen LogP contribution in [0.4, 0.5) is 0 Å². The van der Waals surface area contributed by atoms with Gasteiger partial charge in [0.05, 0.1) is 6.07 Å². The van der Waals surface area contributed by atoms with Gasteiger partial charge in [-0.1, -0.05) is 0 Å². The lowest BCUT2D eigenvalue weighted by Crippen LogP contribution is -2.37. The maximum atomic E-state index is 8.58. The maximum absolute atomic E-state index is 8.58. The molecule has 0 saturated carbocycles. The first-order chi connectivity index (χ1) is 5.62. The molecule has 0 aromatic rings. The van der Waals surface area contributed by atoms with Crippen LogP contribution in [0.2, 0.25) is 0 Å². The number of thioether (sulfide) groups is 1. The third-order valence-corrected chi connectivity index (χ3v) is 2.68. The topological polar surface area (TPSA) is 59.0 Å². The summed E-state index contributed by atoms with van der Waals surface area (Å²) in [6.45, 7) is 2.52. The smallest absolute Gasteiger partial charge is 0.110 e. The molecule has 0 aromatic heterocycles. The molecule has 0 radical (unpaired) electrons. The molecule has 12 heavy (non-hydrogen) atoms. The minimum absolute atomic E-state index is 0.683. The molecule has 0 aromatic carbocycles. The van der Waals surface area contributed by atoms with Gasteiger partial charge in [-0.15, -0.1) is 0 Å². The van der Waals surface area contributed by atoms with E-state index in [4.69, 9.17) is 15.7 Å². The van der Waals surface area contributed by atoms with Gasteiger partial charge in [0.1, 0.15) is 5.54 Å². The van der Waals surface area contributed by atoms with Gasteiger partial charge < -0.3 is 10.5 Å². The van der Waals surface area contributed by atoms with Crippen LogP contribution in [0.25, 0.3) is 0 Å². The summed E-state index contributed by atoms with van der Waals surface area (Å²) in [5.41, 5.74) is 4.93. The van der Waals surface area contributed by atoms with Crippen molar-refractivity contribution in [2.75, 3.05) is 25.2 Å². The molecule has 0 aliphatic rings. The molecule has 0 aliphatic carbocycles. The van der Waals surface area contributed by atoms with E-state index in [2.05, 4.69) is 6.07 Å². The van der Waals surface area contributed by atoms with Crippen LogP contribution in [0.5, 0.6) is 0 Å². The highest BCUT2D eigenvalue weighted by molar-refractivity contribution is 7.99. The van der Waals surface area contributed by atoms with Crippen LogP contribution in [-0.4, -0.2) is 30.8 Å². The fraction of sp³-hybridized carbons (Fsp3) is 0.875. The van der Waals surface area contributed by atoms with Crippen molar-refractivity contribution >= 4 is 11.8 Å². The molecule has 3 nitrogen and oxygen atoms in total. The summed E-state index contributed by atoms with van der Waals surface area (Å²) in [5.74, 6) is 1.69. The minimum atomic E-state index is -0.683. The van der Waals surface area contributed by atoms with Crippen molar-refractivity contribution in [1.29, 1.82) is 5.26 Å². The highest BCUT2D eigenvalue weighted by Gasteiger charge is 2.16. The summed E-state index contributed by atoms with van der Waals surface area (Å²) < 4.78 is 4.89. The van der Waals surface area contributed by atoms with Gasteiger partial charge in [-0.2, -0.15) is 17.0 Å². The lowest BCUT2D eigenvalue weighted by Gasteiger charge is -2.13. The average Bonchev–Trinajstić information content (AvgIpc) is 2.04. The molecule has 0 heterocycles. The van der Waals surface area contributed by atoms with E-state index in [0.717, 1.165) is 18.8 Å². The fourth-order valence-electron chi connectivity index (χ4n) is 0.622. The molecule has 0 fully saturated rings. The first kappa shape index (κ1) is 11.8. The number of hydrogen-bond donors (Lipinski definition) is 1. The van der Waals surface area contributed by atoms with Gasteiger partial charge in [-0.05, 0) is 19.1 Å². The molecular weight excluding hydrogens is 172 g/mol. The fourth-order valence-corrected chi connectivity index (χ4v) is 1.58. The SMILES string of the molecule is COCCCSCC(C)(N)C#N. The Morgan fingerprint density at radius 1 is 1.67 bits per heavy atom. The molecule has 4 heteroatoms. The number of ether oxygens (including phenoxy) is 1. The monoisotopic (exact) mass is 188 g/mol. The van der Waals surface area contributed by atoms with Gasteiger partial charge in [0.2, 0.25) is 0 Å². The van der Waals surface area contributed by atoms with Crippen molar-refractivity contribution in [1.82, 2.24) is 0 Å². The molecule has 0 rings (SSSR count). The van der Waals surface area contributed by atoms with Gasteiger partial charge in [-0.3, -0.25) is 0 Å². The minimum Gasteiger partial charge on any atom is -0.385 e. The predicted molar refractivity (Wildman–Crippen MR) is 52.0 cm³/mol. The zero-order valence-electron chi connectivity index (χ0n) is 7.67. The second-order valence-electron chi connectivity index (χ2n) is 2.93. The Hall–Kier alpha value is -0.240. The second-order valence-corrected chi connectivity index (χ2v) is 4.03. The number of nitrogens with two attached hydrogens (primary N) is 1. The second kappa shape index (κ2) is 6.30. The van der Waals surface area contributed by atoms with Gasteiger partial charge in [0.15, 0.2) is 0 Å². The predicted octanol–water partition coefficient (Wildman–Crippen LogP) is 0.997. The Morgan fingerprint density at radius 2 is 2.33 bits per heavy atom. The molecule has 0 spiro atoms. The van der Waals surface area contributed by atoms with Crippen molar-refractivity contribution in [3.63, 3.8) is 0 Å². The highest BCUT2D eigenvalue weighted by atomic mass is 32.2. The third-order valence-electron chi connectivity index (χ3n) is 1.29. The molecule has 1 atom stereocenters. The molecule has 1 unspecified atom stereocenters. The van der Waals surface area contributed by atoms with Gasteiger partial charge >= 0.3 is 0 Å². The van der Waals surface area contributed by atoms with Crippen molar-refractivity contribution in [2.45, 2.75) is 18.9 Å². The number of rotatable bonds is 6. The summed E-state index contributed by atoms with van der Waals surface area (Å²) in [5, 5.41) is 8.58. The molecular formula is C8H16N2OS. The molecule has 0 saturated heterocycles. The van der Waals surface area contributed by atoms with E-state index in [0.29, 0.717) is 5.75 Å². The molecule has 2 N–H and O–H groups in total. The third kappa shape index (κ3) is 6.47. The van der Waals surface area contributed by atoms with Crippen LogP contribution < -0.4 is 5.73 Å². The van der Waals surface area contributed by atoms with Gasteiger partial charge in [0.25, 0.3) is 0 Å². The van der Waals surface area contributed by atoms with E-state index >= 15 is 0 Å². The van der Waals surface area contributed by atoms with Crippen molar-refractivity contribution < 1.29 is 4.74 Å². The Morgan fingerprint density at radius 3 is 2.83 bits per heavy atom. The number of nitriles is 1. The van der Waals surface area contributed by atoms with Crippen LogP contribution in [0, 0.1) is 11.3 Å². The Balaban J connectivity index is 3.27. The van der Waals surface area contributed by atoms with Crippen LogP contribution in [0.15, 0.2) is 0 Å². The first-order valence-electron chi connectivity index (χ1n) is 3.89. The van der Waals surface area contributed by atoms with Crippen molar-refractivity contribution in [3.8, 4) is 6.07 Å². The standard InChI is InChI=1S/C8H16N2OS/c1-8(10,6-9)7-12-5-3-4-11-2/h3-5,7,10H2,1-2H3. The normalized spacial score (nSPS) is 15.2. The van der Waals surface area contributed by atoms with Crippen molar-refractivity contribution in [2.24, 2.45) is 5.73 Å². The number of hydrogen-bond acceptors (Lipinski definition) is 4. The summed E-state index contributed by atoms with van der Waals surface area (Å²) in [6, 6.07) is 2.06. The van der Waals surface area contributed by atoms with E-state index < -0.39 is 5.54 Å². The zero-order chi connectivity index (χ0) is 9.45. The lowest BCUT2D eigenvalue weighted by molar-refractivity contribution is 0.200. The van der Waals surface area contributed by atoms with Crippen LogP contribution in [0.1, 0.15) is 13.3 Å². The highest BCUT2D eigenvalue weighted by Crippen LogP contribution is 2.10. The van der Waals surface area contributed by atoms with Gasteiger partial charge in [-0.25, -0.2) is 0 Å². The molecule has 70 valence electrons. The van der Waals surface area contributed by atoms with E-state index in [-0.39, 0.29) is 0 Å². The maximum Gasteiger partial charge on any atom is 0.110 e. The molecule has 0 aliphatic heterocycles. The Kier molecular flexibility index (Phi) is 6.17. The summed E-state index contributed by atoms with van der Waals surface area (Å²) in [6.07, 6.45) is 1.02. The van der Waals surface area contributed by atoms with Crippen LogP contribution >= 0.6 is 11.8 Å². The zero-order valence-corrected chi connectivity index (χ0v) is 8.49. The van der Waals surface area contributed by atoms with Crippen LogP contribution in [-0.2, 0) is 4.74 Å². The van der Waals surface area contributed by atoms with Crippen molar-refractivity contribution in [3.05, 3.63) is 0 Å². The van der Waals surface area contributed by atoms with E-state index in [1.165, 1.54) is 0 Å². The summed E-state index contributed by atoms with van der Waals surface area (Å²) in [4.78, 5) is 0. The summed E-state index contributed by atoms with van der Waals surface area (Å²) >= 11 is 1.70. The van der Waals surface area contributed by atoms with Gasteiger partial charge in [0, 0.05) is 19.5 Å². The average molecular weight is 188 g/mol. The number of nitrogens with zero attached hydrogens (tertiary/aromatic N) is 1. The first-order valence-corrected chi connectivity index (χ1v) is 5.04. The van der Waals surface area contributed by atoms with E-state index in [9.17, 15) is 0 Å². The summed E-state index contributed by atoms with van der Waals surface area (Å²) in [7, 11) is 1.69. The quantitative estimate of drug-likeness (QED) is 0.632. The molecule has 0 bridgehead atoms. The molecule has 0 amide bonds. The van der Waals surface area contributed by atoms with E-state index in [1.807, 2.05) is 0 Å².